The Hall–Kier alpha value is -2.60. The molecular formula is C25H26BrN3O2. The zero-order chi connectivity index (χ0) is 21.4. The van der Waals surface area contributed by atoms with Crippen LogP contribution in [-0.2, 0) is 17.9 Å². The number of rotatable bonds is 5. The lowest BCUT2D eigenvalue weighted by Gasteiger charge is -2.31. The summed E-state index contributed by atoms with van der Waals surface area (Å²) in [6.07, 6.45) is 6.01. The summed E-state index contributed by atoms with van der Waals surface area (Å²) in [5.74, 6) is 0.736. The highest BCUT2D eigenvalue weighted by molar-refractivity contribution is 9.10. The van der Waals surface area contributed by atoms with Crippen molar-refractivity contribution in [1.82, 2.24) is 14.8 Å². The first-order valence-corrected chi connectivity index (χ1v) is 11.8. The van der Waals surface area contributed by atoms with Crippen LogP contribution in [-0.4, -0.2) is 33.9 Å². The SMILES string of the molecule is O=C(Cn1ccc2ccc(Br)cc21)NC1CCC(CN2Cc3ccccc3C2=O)CC1. The number of halogens is 1. The Morgan fingerprint density at radius 1 is 1.06 bits per heavy atom. The first kappa shape index (κ1) is 20.3. The van der Waals surface area contributed by atoms with Gasteiger partial charge in [0.2, 0.25) is 5.91 Å². The van der Waals surface area contributed by atoms with Crippen molar-refractivity contribution in [2.45, 2.75) is 44.8 Å². The van der Waals surface area contributed by atoms with Crippen LogP contribution in [0.1, 0.15) is 41.6 Å². The van der Waals surface area contributed by atoms with Gasteiger partial charge in [0.15, 0.2) is 0 Å². The highest BCUT2D eigenvalue weighted by Crippen LogP contribution is 2.29. The average Bonchev–Trinajstić information content (AvgIpc) is 3.30. The third kappa shape index (κ3) is 4.26. The van der Waals surface area contributed by atoms with Crippen molar-refractivity contribution in [2.75, 3.05) is 6.54 Å². The number of amides is 2. The molecule has 1 N–H and O–H groups in total. The molecule has 1 aliphatic carbocycles. The van der Waals surface area contributed by atoms with E-state index in [1.165, 1.54) is 0 Å². The van der Waals surface area contributed by atoms with Crippen LogP contribution in [0, 0.1) is 5.92 Å². The Balaban J connectivity index is 1.11. The largest absolute Gasteiger partial charge is 0.352 e. The van der Waals surface area contributed by atoms with Crippen LogP contribution in [0.5, 0.6) is 0 Å². The zero-order valence-electron chi connectivity index (χ0n) is 17.4. The molecule has 1 aromatic heterocycles. The van der Waals surface area contributed by atoms with Gasteiger partial charge in [-0.1, -0.05) is 40.2 Å². The van der Waals surface area contributed by atoms with Crippen molar-refractivity contribution in [1.29, 1.82) is 0 Å². The lowest BCUT2D eigenvalue weighted by molar-refractivity contribution is -0.122. The van der Waals surface area contributed by atoms with Crippen molar-refractivity contribution in [3.63, 3.8) is 0 Å². The van der Waals surface area contributed by atoms with Crippen molar-refractivity contribution in [3.05, 3.63) is 70.3 Å². The maximum Gasteiger partial charge on any atom is 0.254 e. The number of hydrogen-bond donors (Lipinski definition) is 1. The number of nitrogens with one attached hydrogen (secondary N) is 1. The van der Waals surface area contributed by atoms with Gasteiger partial charge in [-0.15, -0.1) is 0 Å². The Morgan fingerprint density at radius 2 is 1.87 bits per heavy atom. The number of carbonyl (C=O) groups excluding carboxylic acids is 2. The molecule has 0 unspecified atom stereocenters. The van der Waals surface area contributed by atoms with E-state index >= 15 is 0 Å². The molecular weight excluding hydrogens is 454 g/mol. The fraction of sp³-hybridized carbons (Fsp3) is 0.360. The van der Waals surface area contributed by atoms with Crippen LogP contribution in [0.15, 0.2) is 59.2 Å². The van der Waals surface area contributed by atoms with Crippen LogP contribution >= 0.6 is 15.9 Å². The van der Waals surface area contributed by atoms with Gasteiger partial charge < -0.3 is 14.8 Å². The van der Waals surface area contributed by atoms with Crippen molar-refractivity contribution >= 4 is 38.6 Å². The standard InChI is InChI=1S/C25H26BrN3O2/c26-20-8-7-18-11-12-28(23(18)13-20)16-24(30)27-21-9-5-17(6-10-21)14-29-15-19-3-1-2-4-22(19)25(29)31/h1-4,7-8,11-13,17,21H,5-6,9-10,14-16H2,(H,27,30). The molecule has 0 saturated heterocycles. The van der Waals surface area contributed by atoms with Crippen LogP contribution in [0.2, 0.25) is 0 Å². The minimum absolute atomic E-state index is 0.0612. The maximum atomic E-state index is 12.6. The molecule has 1 aliphatic heterocycles. The quantitative estimate of drug-likeness (QED) is 0.574. The van der Waals surface area contributed by atoms with Crippen molar-refractivity contribution in [3.8, 4) is 0 Å². The van der Waals surface area contributed by atoms with Gasteiger partial charge in [0, 0.05) is 40.9 Å². The van der Waals surface area contributed by atoms with E-state index < -0.39 is 0 Å². The molecule has 5 rings (SSSR count). The van der Waals surface area contributed by atoms with Crippen LogP contribution in [0.25, 0.3) is 10.9 Å². The Morgan fingerprint density at radius 3 is 2.68 bits per heavy atom. The molecule has 2 aliphatic rings. The smallest absolute Gasteiger partial charge is 0.254 e. The fourth-order valence-corrected chi connectivity index (χ4v) is 5.34. The topological polar surface area (TPSA) is 54.3 Å². The van der Waals surface area contributed by atoms with E-state index in [1.54, 1.807) is 0 Å². The average molecular weight is 480 g/mol. The molecule has 0 spiro atoms. The van der Waals surface area contributed by atoms with Gasteiger partial charge in [-0.3, -0.25) is 9.59 Å². The van der Waals surface area contributed by atoms with E-state index in [0.29, 0.717) is 12.5 Å². The van der Waals surface area contributed by atoms with E-state index in [4.69, 9.17) is 0 Å². The minimum atomic E-state index is 0.0612. The number of aromatic nitrogens is 1. The number of hydrogen-bond acceptors (Lipinski definition) is 2. The van der Waals surface area contributed by atoms with Gasteiger partial charge in [0.05, 0.1) is 0 Å². The minimum Gasteiger partial charge on any atom is -0.352 e. The second-order valence-corrected chi connectivity index (χ2v) is 9.69. The normalized spacial score (nSPS) is 20.8. The predicted molar refractivity (Wildman–Crippen MR) is 125 cm³/mol. The lowest BCUT2D eigenvalue weighted by Crippen LogP contribution is -2.41. The maximum absolute atomic E-state index is 12.6. The zero-order valence-corrected chi connectivity index (χ0v) is 19.0. The van der Waals surface area contributed by atoms with Gasteiger partial charge in [0.1, 0.15) is 6.54 Å². The van der Waals surface area contributed by atoms with Gasteiger partial charge in [-0.25, -0.2) is 0 Å². The first-order valence-electron chi connectivity index (χ1n) is 11.0. The van der Waals surface area contributed by atoms with E-state index in [-0.39, 0.29) is 17.9 Å². The number of fused-ring (bicyclic) bond motifs is 2. The number of benzene rings is 2. The van der Waals surface area contributed by atoms with E-state index in [2.05, 4.69) is 27.3 Å². The van der Waals surface area contributed by atoms with E-state index in [1.807, 2.05) is 58.1 Å². The molecule has 160 valence electrons. The predicted octanol–water partition coefficient (Wildman–Crippen LogP) is 4.73. The second-order valence-electron chi connectivity index (χ2n) is 8.77. The number of carbonyl (C=O) groups is 2. The summed E-state index contributed by atoms with van der Waals surface area (Å²) in [5.41, 5.74) is 3.05. The summed E-state index contributed by atoms with van der Waals surface area (Å²) in [6.45, 7) is 1.88. The van der Waals surface area contributed by atoms with E-state index in [0.717, 1.165) is 65.3 Å². The summed E-state index contributed by atoms with van der Waals surface area (Å²) in [7, 11) is 0. The van der Waals surface area contributed by atoms with Gasteiger partial charge in [-0.05, 0) is 66.8 Å². The number of nitrogens with zero attached hydrogens (tertiary/aromatic N) is 2. The summed E-state index contributed by atoms with van der Waals surface area (Å²) in [4.78, 5) is 27.2. The molecule has 3 aromatic rings. The summed E-state index contributed by atoms with van der Waals surface area (Å²) >= 11 is 3.51. The third-order valence-electron chi connectivity index (χ3n) is 6.64. The molecule has 2 aromatic carbocycles. The monoisotopic (exact) mass is 479 g/mol. The first-order chi connectivity index (χ1) is 15.1. The molecule has 0 atom stereocenters. The highest BCUT2D eigenvalue weighted by Gasteiger charge is 2.30. The lowest BCUT2D eigenvalue weighted by atomic mass is 9.85. The highest BCUT2D eigenvalue weighted by atomic mass is 79.9. The van der Waals surface area contributed by atoms with E-state index in [9.17, 15) is 9.59 Å². The van der Waals surface area contributed by atoms with Crippen molar-refractivity contribution in [2.24, 2.45) is 5.92 Å². The van der Waals surface area contributed by atoms with Gasteiger partial charge in [-0.2, -0.15) is 0 Å². The molecule has 2 amide bonds. The summed E-state index contributed by atoms with van der Waals surface area (Å²) in [5, 5.41) is 4.36. The van der Waals surface area contributed by atoms with Crippen LogP contribution < -0.4 is 5.32 Å². The molecule has 2 heterocycles. The molecule has 1 saturated carbocycles. The van der Waals surface area contributed by atoms with Gasteiger partial charge >= 0.3 is 0 Å². The molecule has 0 bridgehead atoms. The third-order valence-corrected chi connectivity index (χ3v) is 7.13. The molecule has 1 fully saturated rings. The second kappa shape index (κ2) is 8.50. The Bertz CT molecular complexity index is 1130. The van der Waals surface area contributed by atoms with Crippen LogP contribution in [0.4, 0.5) is 0 Å². The summed E-state index contributed by atoms with van der Waals surface area (Å²) in [6, 6.07) is 16.3. The Kier molecular flexibility index (Phi) is 5.57. The molecule has 31 heavy (non-hydrogen) atoms. The van der Waals surface area contributed by atoms with Gasteiger partial charge in [0.25, 0.3) is 5.91 Å². The summed E-state index contributed by atoms with van der Waals surface area (Å²) < 4.78 is 3.01. The van der Waals surface area contributed by atoms with Crippen molar-refractivity contribution < 1.29 is 9.59 Å². The van der Waals surface area contributed by atoms with Crippen LogP contribution in [0.3, 0.4) is 0 Å². The molecule has 0 radical (unpaired) electrons. The molecule has 6 heteroatoms. The Labute approximate surface area is 190 Å². The molecule has 5 nitrogen and oxygen atoms in total. The fourth-order valence-electron chi connectivity index (χ4n) is 4.99.